The highest BCUT2D eigenvalue weighted by Gasteiger charge is 2.43. The summed E-state index contributed by atoms with van der Waals surface area (Å²) in [5.74, 6) is -0.677. The average Bonchev–Trinajstić information content (AvgIpc) is 3.03. The van der Waals surface area contributed by atoms with E-state index < -0.39 is 23.5 Å². The lowest BCUT2D eigenvalue weighted by atomic mass is 9.95. The molecule has 1 saturated heterocycles. The van der Waals surface area contributed by atoms with Crippen molar-refractivity contribution in [3.05, 3.63) is 65.2 Å². The maximum atomic E-state index is 13.4. The van der Waals surface area contributed by atoms with Crippen molar-refractivity contribution in [1.82, 2.24) is 4.90 Å². The number of carbonyl (C=O) groups is 2. The van der Waals surface area contributed by atoms with Crippen LogP contribution in [-0.2, 0) is 9.59 Å². The van der Waals surface area contributed by atoms with E-state index in [9.17, 15) is 14.7 Å². The second-order valence-corrected chi connectivity index (χ2v) is 7.79. The molecule has 1 aliphatic rings. The molecule has 1 fully saturated rings. The lowest BCUT2D eigenvalue weighted by Crippen LogP contribution is -3.05. The number of Topliss-reactive ketones (excluding diaryl/α,β-unsaturated/α-hetero) is 1. The van der Waals surface area contributed by atoms with Crippen LogP contribution in [0, 0.1) is 0 Å². The number of rotatable bonds is 8. The molecule has 0 radical (unpaired) electrons. The molecule has 1 aliphatic heterocycles. The fourth-order valence-corrected chi connectivity index (χ4v) is 3.76. The second-order valence-electron chi connectivity index (χ2n) is 7.79. The summed E-state index contributed by atoms with van der Waals surface area (Å²) in [6.45, 7) is 1.23. The van der Waals surface area contributed by atoms with Gasteiger partial charge in [-0.25, -0.2) is 0 Å². The van der Waals surface area contributed by atoms with E-state index in [2.05, 4.69) is 0 Å². The predicted octanol–water partition coefficient (Wildman–Crippen LogP) is 0.462. The molecule has 1 atom stereocenters. The Kier molecular flexibility index (Phi) is 6.97. The van der Waals surface area contributed by atoms with Gasteiger partial charge in [0.1, 0.15) is 11.5 Å². The monoisotopic (exact) mass is 424 g/mol. The van der Waals surface area contributed by atoms with Crippen molar-refractivity contribution in [2.75, 3.05) is 41.4 Å². The molecule has 2 aromatic rings. The third-order valence-corrected chi connectivity index (χ3v) is 5.37. The molecule has 0 aromatic heterocycles. The van der Waals surface area contributed by atoms with Crippen LogP contribution >= 0.6 is 0 Å². The molecule has 0 aliphatic carbocycles. The molecule has 7 heteroatoms. The summed E-state index contributed by atoms with van der Waals surface area (Å²) < 4.78 is 10.4. The van der Waals surface area contributed by atoms with Gasteiger partial charge in [-0.2, -0.15) is 0 Å². The zero-order valence-corrected chi connectivity index (χ0v) is 18.3. The number of hydrogen-bond acceptors (Lipinski definition) is 5. The van der Waals surface area contributed by atoms with Crippen molar-refractivity contribution in [3.63, 3.8) is 0 Å². The summed E-state index contributed by atoms with van der Waals surface area (Å²) in [5, 5.41) is 13.4. The number of nitrogens with zero attached hydrogens (tertiary/aromatic N) is 1. The average molecular weight is 424 g/mol. The highest BCUT2D eigenvalue weighted by Crippen LogP contribution is 2.39. The van der Waals surface area contributed by atoms with E-state index in [4.69, 9.17) is 9.47 Å². The summed E-state index contributed by atoms with van der Waals surface area (Å²) in [6, 6.07) is 13.0. The Morgan fingerprint density at radius 3 is 2.32 bits per heavy atom. The van der Waals surface area contributed by atoms with Crippen molar-refractivity contribution < 1.29 is 29.1 Å². The fraction of sp³-hybridized carbons (Fsp3) is 0.333. The van der Waals surface area contributed by atoms with Gasteiger partial charge in [-0.15, -0.1) is 0 Å². The van der Waals surface area contributed by atoms with Crippen molar-refractivity contribution >= 4 is 17.4 Å². The number of benzene rings is 2. The normalized spacial score (nSPS) is 18.0. The maximum Gasteiger partial charge on any atom is 0.295 e. The van der Waals surface area contributed by atoms with Crippen LogP contribution in [0.2, 0.25) is 0 Å². The molecule has 1 heterocycles. The van der Waals surface area contributed by atoms with Gasteiger partial charge in [-0.3, -0.25) is 9.59 Å². The Hall–Kier alpha value is -3.32. The molecule has 0 bridgehead atoms. The van der Waals surface area contributed by atoms with E-state index in [1.807, 2.05) is 14.1 Å². The summed E-state index contributed by atoms with van der Waals surface area (Å²) in [4.78, 5) is 28.6. The first-order chi connectivity index (χ1) is 14.9. The Morgan fingerprint density at radius 1 is 1.03 bits per heavy atom. The Balaban J connectivity index is 2.09. The Labute approximate surface area is 182 Å². The minimum Gasteiger partial charge on any atom is -0.872 e. The molecule has 31 heavy (non-hydrogen) atoms. The Bertz CT molecular complexity index is 982. The fourth-order valence-electron chi connectivity index (χ4n) is 3.76. The number of ether oxygens (including phenoxy) is 2. The van der Waals surface area contributed by atoms with Gasteiger partial charge >= 0.3 is 0 Å². The number of ketones is 1. The number of likely N-dealkylation sites (tertiary alicyclic amines) is 1. The zero-order chi connectivity index (χ0) is 22.5. The molecule has 164 valence electrons. The van der Waals surface area contributed by atoms with E-state index in [0.29, 0.717) is 35.6 Å². The summed E-state index contributed by atoms with van der Waals surface area (Å²) in [6.07, 6.45) is 0.717. The first kappa shape index (κ1) is 22.4. The van der Waals surface area contributed by atoms with E-state index >= 15 is 0 Å². The predicted molar refractivity (Wildman–Crippen MR) is 115 cm³/mol. The standard InChI is InChI=1S/C24H28N2O5/c1-25(2)13-6-14-26-21(16-9-11-18(30-3)12-10-16)20(23(28)24(26)29)22(27)17-7-5-8-19(15-17)31-4/h5,7-12,15,21,27H,6,13-14H2,1-4H3/b22-20+. The third kappa shape index (κ3) is 4.72. The van der Waals surface area contributed by atoms with Crippen molar-refractivity contribution in [3.8, 4) is 11.5 Å². The summed E-state index contributed by atoms with van der Waals surface area (Å²) >= 11 is 0. The summed E-state index contributed by atoms with van der Waals surface area (Å²) in [5.41, 5.74) is 0.984. The minimum atomic E-state index is -0.745. The molecule has 2 aromatic carbocycles. The van der Waals surface area contributed by atoms with Gasteiger partial charge in [0.05, 0.1) is 40.9 Å². The minimum absolute atomic E-state index is 0.0272. The lowest BCUT2D eigenvalue weighted by molar-refractivity contribution is -0.858. The topological polar surface area (TPSA) is 83.3 Å². The number of quaternary nitrogens is 1. The molecule has 1 amide bonds. The second kappa shape index (κ2) is 9.66. The smallest absolute Gasteiger partial charge is 0.295 e. The van der Waals surface area contributed by atoms with Crippen LogP contribution in [0.15, 0.2) is 54.1 Å². The van der Waals surface area contributed by atoms with E-state index in [0.717, 1.165) is 6.54 Å². The number of nitrogens with one attached hydrogen (secondary N) is 1. The van der Waals surface area contributed by atoms with Crippen LogP contribution < -0.4 is 19.5 Å². The number of amides is 1. The first-order valence-electron chi connectivity index (χ1n) is 10.2. The largest absolute Gasteiger partial charge is 0.872 e. The third-order valence-electron chi connectivity index (χ3n) is 5.37. The number of hydrogen-bond donors (Lipinski definition) is 1. The number of methoxy groups -OCH3 is 2. The van der Waals surface area contributed by atoms with Crippen molar-refractivity contribution in [1.29, 1.82) is 0 Å². The highest BCUT2D eigenvalue weighted by atomic mass is 16.5. The van der Waals surface area contributed by atoms with Gasteiger partial charge in [0, 0.05) is 18.5 Å². The highest BCUT2D eigenvalue weighted by molar-refractivity contribution is 6.46. The molecule has 1 N–H and O–H groups in total. The van der Waals surface area contributed by atoms with E-state index in [1.165, 1.54) is 16.9 Å². The van der Waals surface area contributed by atoms with E-state index in [-0.39, 0.29) is 5.57 Å². The van der Waals surface area contributed by atoms with Gasteiger partial charge in [0.25, 0.3) is 5.91 Å². The van der Waals surface area contributed by atoms with Crippen LogP contribution in [-0.4, -0.2) is 58.0 Å². The van der Waals surface area contributed by atoms with Crippen molar-refractivity contribution in [2.24, 2.45) is 0 Å². The van der Waals surface area contributed by atoms with Gasteiger partial charge in [-0.05, 0) is 35.4 Å². The SMILES string of the molecule is COc1ccc(C2/C(=C(\[O-])c3cccc(OC)c3)C(=O)C(=O)N2CCC[NH+](C)C)cc1. The van der Waals surface area contributed by atoms with Gasteiger partial charge in [0.15, 0.2) is 0 Å². The van der Waals surface area contributed by atoms with Crippen LogP contribution in [0.1, 0.15) is 23.6 Å². The first-order valence-corrected chi connectivity index (χ1v) is 10.2. The van der Waals surface area contributed by atoms with Crippen LogP contribution in [0.4, 0.5) is 0 Å². The molecule has 7 nitrogen and oxygen atoms in total. The molecular weight excluding hydrogens is 396 g/mol. The lowest BCUT2D eigenvalue weighted by Gasteiger charge is -2.28. The Morgan fingerprint density at radius 2 is 1.71 bits per heavy atom. The van der Waals surface area contributed by atoms with Crippen LogP contribution in [0.25, 0.3) is 5.76 Å². The van der Waals surface area contributed by atoms with Gasteiger partial charge < -0.3 is 24.4 Å². The molecule has 0 spiro atoms. The molecular formula is C24H28N2O5. The van der Waals surface area contributed by atoms with E-state index in [1.54, 1.807) is 55.6 Å². The van der Waals surface area contributed by atoms with Gasteiger partial charge in [0.2, 0.25) is 5.78 Å². The van der Waals surface area contributed by atoms with Crippen LogP contribution in [0.3, 0.4) is 0 Å². The number of carbonyl (C=O) groups excluding carboxylic acids is 2. The summed E-state index contributed by atoms with van der Waals surface area (Å²) in [7, 11) is 7.14. The zero-order valence-electron chi connectivity index (χ0n) is 18.3. The maximum absolute atomic E-state index is 13.4. The van der Waals surface area contributed by atoms with Gasteiger partial charge in [-0.1, -0.05) is 30.0 Å². The molecule has 1 unspecified atom stereocenters. The van der Waals surface area contributed by atoms with Crippen molar-refractivity contribution in [2.45, 2.75) is 12.5 Å². The quantitative estimate of drug-likeness (QED) is 0.378. The van der Waals surface area contributed by atoms with Crippen LogP contribution in [0.5, 0.6) is 11.5 Å². The molecule has 3 rings (SSSR count). The molecule has 0 saturated carbocycles.